The molecule has 7 nitrogen and oxygen atoms in total. The van der Waals surface area contributed by atoms with Gasteiger partial charge >= 0.3 is 0 Å². The minimum Gasteiger partial charge on any atom is -0.378 e. The lowest BCUT2D eigenvalue weighted by molar-refractivity contribution is -0.384. The van der Waals surface area contributed by atoms with Gasteiger partial charge in [-0.25, -0.2) is 5.43 Å². The van der Waals surface area contributed by atoms with E-state index < -0.39 is 4.92 Å². The Morgan fingerprint density at radius 2 is 1.74 bits per heavy atom. The van der Waals surface area contributed by atoms with Gasteiger partial charge < -0.3 is 4.90 Å². The van der Waals surface area contributed by atoms with Crippen molar-refractivity contribution in [3.05, 3.63) is 69.8 Å². The quantitative estimate of drug-likeness (QED) is 0.522. The van der Waals surface area contributed by atoms with Crippen LogP contribution in [-0.4, -0.2) is 31.1 Å². The molecule has 0 heterocycles. The molecule has 0 saturated carbocycles. The Labute approximate surface area is 133 Å². The van der Waals surface area contributed by atoms with Gasteiger partial charge in [-0.1, -0.05) is 0 Å². The van der Waals surface area contributed by atoms with Crippen molar-refractivity contribution in [2.45, 2.75) is 0 Å². The summed E-state index contributed by atoms with van der Waals surface area (Å²) in [5.74, 6) is -0.325. The van der Waals surface area contributed by atoms with Crippen LogP contribution in [-0.2, 0) is 0 Å². The van der Waals surface area contributed by atoms with Crippen LogP contribution in [0.3, 0.4) is 0 Å². The van der Waals surface area contributed by atoms with E-state index in [2.05, 4.69) is 10.5 Å². The van der Waals surface area contributed by atoms with Gasteiger partial charge in [-0.3, -0.25) is 14.9 Å². The first-order chi connectivity index (χ1) is 11.0. The highest BCUT2D eigenvalue weighted by molar-refractivity contribution is 5.95. The van der Waals surface area contributed by atoms with E-state index in [1.165, 1.54) is 18.3 Å². The molecule has 0 bridgehead atoms. The zero-order valence-electron chi connectivity index (χ0n) is 12.8. The third-order valence-corrected chi connectivity index (χ3v) is 3.13. The lowest BCUT2D eigenvalue weighted by Gasteiger charge is -2.12. The van der Waals surface area contributed by atoms with Crippen LogP contribution in [0.25, 0.3) is 0 Å². The predicted octanol–water partition coefficient (Wildman–Crippen LogP) is 2.42. The summed E-state index contributed by atoms with van der Waals surface area (Å²) >= 11 is 0. The number of carbonyl (C=O) groups excluding carboxylic acids is 1. The number of nitro groups is 1. The second kappa shape index (κ2) is 7.17. The molecular weight excluding hydrogens is 296 g/mol. The van der Waals surface area contributed by atoms with Crippen molar-refractivity contribution in [3.8, 4) is 0 Å². The summed E-state index contributed by atoms with van der Waals surface area (Å²) in [5, 5.41) is 14.4. The lowest BCUT2D eigenvalue weighted by Crippen LogP contribution is -2.17. The van der Waals surface area contributed by atoms with Crippen LogP contribution in [0.2, 0.25) is 0 Å². The number of nitrogens with one attached hydrogen (secondary N) is 1. The molecule has 23 heavy (non-hydrogen) atoms. The van der Waals surface area contributed by atoms with Crippen LogP contribution in [0.5, 0.6) is 0 Å². The number of amides is 1. The Morgan fingerprint density at radius 3 is 2.26 bits per heavy atom. The minimum atomic E-state index is -0.472. The molecule has 7 heteroatoms. The molecule has 0 unspecified atom stereocenters. The number of hydrogen-bond donors (Lipinski definition) is 1. The Kier molecular flexibility index (Phi) is 5.03. The zero-order chi connectivity index (χ0) is 16.8. The van der Waals surface area contributed by atoms with Crippen molar-refractivity contribution in [3.63, 3.8) is 0 Å². The molecule has 0 aliphatic rings. The topological polar surface area (TPSA) is 87.8 Å². The van der Waals surface area contributed by atoms with Crippen molar-refractivity contribution in [2.75, 3.05) is 19.0 Å². The van der Waals surface area contributed by atoms with Crippen molar-refractivity contribution in [1.82, 2.24) is 5.43 Å². The van der Waals surface area contributed by atoms with E-state index >= 15 is 0 Å². The number of non-ortho nitro benzene ring substituents is 1. The van der Waals surface area contributed by atoms with E-state index in [1.54, 1.807) is 24.3 Å². The molecule has 118 valence electrons. The van der Waals surface area contributed by atoms with Gasteiger partial charge in [0.2, 0.25) is 0 Å². The number of rotatable bonds is 5. The van der Waals surface area contributed by atoms with Crippen LogP contribution in [0, 0.1) is 10.1 Å². The van der Waals surface area contributed by atoms with Gasteiger partial charge in [0, 0.05) is 37.5 Å². The highest BCUT2D eigenvalue weighted by Crippen LogP contribution is 2.12. The van der Waals surface area contributed by atoms with E-state index in [0.29, 0.717) is 11.1 Å². The van der Waals surface area contributed by atoms with E-state index in [1.807, 2.05) is 31.1 Å². The highest BCUT2D eigenvalue weighted by atomic mass is 16.6. The number of carbonyl (C=O) groups is 1. The van der Waals surface area contributed by atoms with E-state index in [0.717, 1.165) is 5.69 Å². The summed E-state index contributed by atoms with van der Waals surface area (Å²) in [7, 11) is 3.84. The summed E-state index contributed by atoms with van der Waals surface area (Å²) in [4.78, 5) is 23.9. The summed E-state index contributed by atoms with van der Waals surface area (Å²) in [6.45, 7) is 0. The number of nitro benzene ring substituents is 1. The third-order valence-electron chi connectivity index (χ3n) is 3.13. The summed E-state index contributed by atoms with van der Waals surface area (Å²) in [5.41, 5.74) is 4.57. The van der Waals surface area contributed by atoms with Gasteiger partial charge in [0.05, 0.1) is 11.1 Å². The fourth-order valence-corrected chi connectivity index (χ4v) is 1.82. The average molecular weight is 312 g/mol. The number of benzene rings is 2. The SMILES string of the molecule is CN(C)c1ccc(C(=O)N/N=C/c2ccc([N+](=O)[O-])cc2)cc1. The Bertz CT molecular complexity index is 722. The van der Waals surface area contributed by atoms with Gasteiger partial charge in [0.15, 0.2) is 0 Å². The van der Waals surface area contributed by atoms with Crippen molar-refractivity contribution in [1.29, 1.82) is 0 Å². The maximum Gasteiger partial charge on any atom is 0.271 e. The third kappa shape index (κ3) is 4.37. The highest BCUT2D eigenvalue weighted by Gasteiger charge is 2.05. The lowest BCUT2D eigenvalue weighted by atomic mass is 10.2. The first-order valence-corrected chi connectivity index (χ1v) is 6.82. The largest absolute Gasteiger partial charge is 0.378 e. The standard InChI is InChI=1S/C16H16N4O3/c1-19(2)14-9-5-13(6-10-14)16(21)18-17-11-12-3-7-15(8-4-12)20(22)23/h3-11H,1-2H3,(H,18,21)/b17-11+. The van der Waals surface area contributed by atoms with Crippen LogP contribution in [0.1, 0.15) is 15.9 Å². The van der Waals surface area contributed by atoms with Gasteiger partial charge in [-0.15, -0.1) is 0 Å². The molecule has 1 amide bonds. The monoisotopic (exact) mass is 312 g/mol. The summed E-state index contributed by atoms with van der Waals surface area (Å²) in [6.07, 6.45) is 1.43. The fraction of sp³-hybridized carbons (Fsp3) is 0.125. The molecule has 2 rings (SSSR count). The number of anilines is 1. The molecule has 0 spiro atoms. The predicted molar refractivity (Wildman–Crippen MR) is 88.9 cm³/mol. The molecule has 0 saturated heterocycles. The van der Waals surface area contributed by atoms with Gasteiger partial charge in [0.25, 0.3) is 11.6 Å². The van der Waals surface area contributed by atoms with Gasteiger partial charge in [-0.05, 0) is 42.0 Å². The summed E-state index contributed by atoms with van der Waals surface area (Å²) < 4.78 is 0. The summed E-state index contributed by atoms with van der Waals surface area (Å²) in [6, 6.07) is 13.0. The normalized spacial score (nSPS) is 10.5. The Balaban J connectivity index is 1.96. The van der Waals surface area contributed by atoms with Crippen molar-refractivity contribution in [2.24, 2.45) is 5.10 Å². The molecule has 0 atom stereocenters. The molecule has 0 aliphatic heterocycles. The van der Waals surface area contributed by atoms with E-state index in [4.69, 9.17) is 0 Å². The van der Waals surface area contributed by atoms with E-state index in [-0.39, 0.29) is 11.6 Å². The molecule has 1 N–H and O–H groups in total. The molecular formula is C16H16N4O3. The van der Waals surface area contributed by atoms with E-state index in [9.17, 15) is 14.9 Å². The maximum absolute atomic E-state index is 11.9. The Hall–Kier alpha value is -3.22. The molecule has 0 fully saturated rings. The van der Waals surface area contributed by atoms with Crippen LogP contribution < -0.4 is 10.3 Å². The van der Waals surface area contributed by atoms with Crippen molar-refractivity contribution >= 4 is 23.5 Å². The maximum atomic E-state index is 11.9. The zero-order valence-corrected chi connectivity index (χ0v) is 12.8. The number of hydrazone groups is 1. The van der Waals surface area contributed by atoms with Gasteiger partial charge in [-0.2, -0.15) is 5.10 Å². The minimum absolute atomic E-state index is 0.00664. The molecule has 0 aromatic heterocycles. The smallest absolute Gasteiger partial charge is 0.271 e. The fourth-order valence-electron chi connectivity index (χ4n) is 1.82. The van der Waals surface area contributed by atoms with Crippen LogP contribution in [0.15, 0.2) is 53.6 Å². The number of hydrogen-bond acceptors (Lipinski definition) is 5. The number of nitrogens with zero attached hydrogens (tertiary/aromatic N) is 3. The van der Waals surface area contributed by atoms with Gasteiger partial charge in [0.1, 0.15) is 0 Å². The molecule has 0 aliphatic carbocycles. The molecule has 2 aromatic carbocycles. The van der Waals surface area contributed by atoms with Crippen molar-refractivity contribution < 1.29 is 9.72 Å². The second-order valence-electron chi connectivity index (χ2n) is 4.99. The second-order valence-corrected chi connectivity index (χ2v) is 4.99. The van der Waals surface area contributed by atoms with Crippen LogP contribution in [0.4, 0.5) is 11.4 Å². The first kappa shape index (κ1) is 16.2. The first-order valence-electron chi connectivity index (χ1n) is 6.82. The molecule has 0 radical (unpaired) electrons. The van der Waals surface area contributed by atoms with Crippen LogP contribution >= 0.6 is 0 Å². The average Bonchev–Trinajstić information content (AvgIpc) is 2.55. The molecule has 2 aromatic rings. The Morgan fingerprint density at radius 1 is 1.13 bits per heavy atom.